The molecule has 0 saturated carbocycles. The van der Waals surface area contributed by atoms with Crippen LogP contribution in [0.5, 0.6) is 0 Å². The van der Waals surface area contributed by atoms with E-state index in [0.717, 1.165) is 19.3 Å². The monoisotopic (exact) mass is 200 g/mol. The van der Waals surface area contributed by atoms with Gasteiger partial charge in [0.05, 0.1) is 5.60 Å². The summed E-state index contributed by atoms with van der Waals surface area (Å²) in [7, 11) is 0. The van der Waals surface area contributed by atoms with Gasteiger partial charge in [-0.2, -0.15) is 0 Å². The smallest absolute Gasteiger partial charge is 0.0642 e. The Labute approximate surface area is 89.9 Å². The summed E-state index contributed by atoms with van der Waals surface area (Å²) in [5, 5.41) is 10.0. The van der Waals surface area contributed by atoms with Crippen molar-refractivity contribution in [3.8, 4) is 0 Å². The molecule has 0 fully saturated rings. The number of rotatable bonds is 9. The van der Waals surface area contributed by atoms with Crippen molar-refractivity contribution in [2.24, 2.45) is 0 Å². The molecule has 1 heteroatoms. The molecular formula is C13H28O. The summed E-state index contributed by atoms with van der Waals surface area (Å²) in [6.07, 6.45) is 10.7. The van der Waals surface area contributed by atoms with E-state index in [1.54, 1.807) is 0 Å². The average Bonchev–Trinajstić information content (AvgIpc) is 2.23. The van der Waals surface area contributed by atoms with Crippen molar-refractivity contribution in [1.29, 1.82) is 0 Å². The average molecular weight is 200 g/mol. The van der Waals surface area contributed by atoms with Crippen LogP contribution in [-0.4, -0.2) is 10.7 Å². The molecule has 0 atom stereocenters. The lowest BCUT2D eigenvalue weighted by atomic mass is 9.90. The zero-order valence-corrected chi connectivity index (χ0v) is 10.3. The normalized spacial score (nSPS) is 12.0. The van der Waals surface area contributed by atoms with E-state index < -0.39 is 0 Å². The van der Waals surface area contributed by atoms with Gasteiger partial charge in [0.1, 0.15) is 0 Å². The summed E-state index contributed by atoms with van der Waals surface area (Å²) in [6, 6.07) is 0. The predicted molar refractivity (Wildman–Crippen MR) is 63.5 cm³/mol. The highest BCUT2D eigenvalue weighted by Gasteiger charge is 2.20. The van der Waals surface area contributed by atoms with Crippen molar-refractivity contribution in [1.82, 2.24) is 0 Å². The Kier molecular flexibility index (Phi) is 8.26. The molecule has 0 aliphatic rings. The highest BCUT2D eigenvalue weighted by atomic mass is 16.3. The second-order valence-corrected chi connectivity index (χ2v) is 4.45. The quantitative estimate of drug-likeness (QED) is 0.550. The molecule has 1 nitrogen and oxygen atoms in total. The van der Waals surface area contributed by atoms with Crippen molar-refractivity contribution in [3.63, 3.8) is 0 Å². The van der Waals surface area contributed by atoms with Gasteiger partial charge in [0.2, 0.25) is 0 Å². The van der Waals surface area contributed by atoms with Crippen molar-refractivity contribution in [3.05, 3.63) is 0 Å². The third kappa shape index (κ3) is 6.42. The predicted octanol–water partition coefficient (Wildman–Crippen LogP) is 4.29. The lowest BCUT2D eigenvalue weighted by Crippen LogP contribution is -2.26. The van der Waals surface area contributed by atoms with Crippen LogP contribution < -0.4 is 0 Å². The molecule has 0 aliphatic carbocycles. The van der Waals surface area contributed by atoms with E-state index >= 15 is 0 Å². The molecule has 0 amide bonds. The molecule has 0 aliphatic heterocycles. The van der Waals surface area contributed by atoms with Crippen LogP contribution >= 0.6 is 0 Å². The highest BCUT2D eigenvalue weighted by Crippen LogP contribution is 2.22. The second kappa shape index (κ2) is 8.28. The number of hydrogen-bond donors (Lipinski definition) is 1. The Balaban J connectivity index is 3.34. The summed E-state index contributed by atoms with van der Waals surface area (Å²) >= 11 is 0. The van der Waals surface area contributed by atoms with Gasteiger partial charge in [-0.1, -0.05) is 59.3 Å². The van der Waals surface area contributed by atoms with Crippen LogP contribution in [0.25, 0.3) is 0 Å². The van der Waals surface area contributed by atoms with Gasteiger partial charge in [-0.25, -0.2) is 0 Å². The number of hydrogen-bond acceptors (Lipinski definition) is 1. The third-order valence-corrected chi connectivity index (χ3v) is 3.31. The van der Waals surface area contributed by atoms with E-state index in [1.165, 1.54) is 38.5 Å². The maximum absolute atomic E-state index is 10.0. The van der Waals surface area contributed by atoms with Crippen LogP contribution in [0.15, 0.2) is 0 Å². The first-order valence-corrected chi connectivity index (χ1v) is 6.41. The Bertz CT molecular complexity index is 116. The van der Waals surface area contributed by atoms with Gasteiger partial charge in [-0.15, -0.1) is 0 Å². The number of aliphatic hydroxyl groups is 1. The van der Waals surface area contributed by atoms with E-state index in [1.807, 2.05) is 0 Å². The van der Waals surface area contributed by atoms with E-state index in [2.05, 4.69) is 20.8 Å². The molecule has 0 aromatic heterocycles. The minimum Gasteiger partial charge on any atom is -0.390 e. The Morgan fingerprint density at radius 2 is 1.29 bits per heavy atom. The topological polar surface area (TPSA) is 20.2 Å². The minimum atomic E-state index is -0.370. The van der Waals surface area contributed by atoms with Gasteiger partial charge in [0.25, 0.3) is 0 Å². The zero-order chi connectivity index (χ0) is 10.9. The molecule has 0 heterocycles. The van der Waals surface area contributed by atoms with Crippen LogP contribution in [-0.2, 0) is 0 Å². The fraction of sp³-hybridized carbons (Fsp3) is 1.00. The molecule has 0 aromatic rings. The lowest BCUT2D eigenvalue weighted by molar-refractivity contribution is 0.0211. The fourth-order valence-electron chi connectivity index (χ4n) is 1.84. The van der Waals surface area contributed by atoms with E-state index in [-0.39, 0.29) is 5.60 Å². The minimum absolute atomic E-state index is 0.370. The first-order chi connectivity index (χ1) is 6.68. The van der Waals surface area contributed by atoms with Gasteiger partial charge in [0.15, 0.2) is 0 Å². The molecule has 1 N–H and O–H groups in total. The van der Waals surface area contributed by atoms with E-state index in [4.69, 9.17) is 0 Å². The van der Waals surface area contributed by atoms with Crippen molar-refractivity contribution >= 4 is 0 Å². The Morgan fingerprint density at radius 3 is 1.79 bits per heavy atom. The summed E-state index contributed by atoms with van der Waals surface area (Å²) in [6.45, 7) is 6.41. The first-order valence-electron chi connectivity index (χ1n) is 6.41. The first kappa shape index (κ1) is 14.0. The van der Waals surface area contributed by atoms with Gasteiger partial charge in [0, 0.05) is 0 Å². The van der Waals surface area contributed by atoms with Crippen LogP contribution in [0.1, 0.15) is 78.6 Å². The third-order valence-electron chi connectivity index (χ3n) is 3.31. The van der Waals surface area contributed by atoms with Crippen LogP contribution in [0, 0.1) is 0 Å². The molecule has 0 saturated heterocycles. The van der Waals surface area contributed by atoms with Crippen LogP contribution in [0.4, 0.5) is 0 Å². The standard InChI is InChI=1S/C13H28O/c1-4-7-8-9-10-11-12-13(14,5-2)6-3/h14H,4-12H2,1-3H3. The fourth-order valence-corrected chi connectivity index (χ4v) is 1.84. The Morgan fingerprint density at radius 1 is 0.786 bits per heavy atom. The van der Waals surface area contributed by atoms with Gasteiger partial charge < -0.3 is 5.11 Å². The van der Waals surface area contributed by atoms with Crippen molar-refractivity contribution < 1.29 is 5.11 Å². The second-order valence-electron chi connectivity index (χ2n) is 4.45. The van der Waals surface area contributed by atoms with E-state index in [0.29, 0.717) is 0 Å². The van der Waals surface area contributed by atoms with Crippen molar-refractivity contribution in [2.45, 2.75) is 84.2 Å². The molecule has 0 bridgehead atoms. The van der Waals surface area contributed by atoms with E-state index in [9.17, 15) is 5.11 Å². The van der Waals surface area contributed by atoms with Gasteiger partial charge in [-0.3, -0.25) is 0 Å². The van der Waals surface area contributed by atoms with Gasteiger partial charge in [-0.05, 0) is 19.3 Å². The Hall–Kier alpha value is -0.0400. The molecule has 0 radical (unpaired) electrons. The molecule has 0 unspecified atom stereocenters. The van der Waals surface area contributed by atoms with Crippen LogP contribution in [0.3, 0.4) is 0 Å². The summed E-state index contributed by atoms with van der Waals surface area (Å²) in [4.78, 5) is 0. The van der Waals surface area contributed by atoms with Crippen LogP contribution in [0.2, 0.25) is 0 Å². The molecule has 0 aromatic carbocycles. The molecule has 0 rings (SSSR count). The van der Waals surface area contributed by atoms with Crippen molar-refractivity contribution in [2.75, 3.05) is 0 Å². The van der Waals surface area contributed by atoms with Gasteiger partial charge >= 0.3 is 0 Å². The molecule has 14 heavy (non-hydrogen) atoms. The maximum Gasteiger partial charge on any atom is 0.0642 e. The zero-order valence-electron chi connectivity index (χ0n) is 10.3. The molecule has 86 valence electrons. The number of unbranched alkanes of at least 4 members (excludes halogenated alkanes) is 5. The largest absolute Gasteiger partial charge is 0.390 e. The summed E-state index contributed by atoms with van der Waals surface area (Å²) < 4.78 is 0. The summed E-state index contributed by atoms with van der Waals surface area (Å²) in [5.41, 5.74) is -0.370. The SMILES string of the molecule is CCCCCCCCC(O)(CC)CC. The summed E-state index contributed by atoms with van der Waals surface area (Å²) in [5.74, 6) is 0. The highest BCUT2D eigenvalue weighted by molar-refractivity contribution is 4.74. The lowest BCUT2D eigenvalue weighted by Gasteiger charge is -2.24. The molecule has 0 spiro atoms. The maximum atomic E-state index is 10.0. The molecular weight excluding hydrogens is 172 g/mol.